The number of carbonyl (C=O) groups excluding carboxylic acids is 3. The number of carbonyl (C=O) groups is 3. The summed E-state index contributed by atoms with van der Waals surface area (Å²) >= 11 is 0. The Morgan fingerprint density at radius 1 is 1.09 bits per heavy atom. The highest BCUT2D eigenvalue weighted by Gasteiger charge is 2.02. The summed E-state index contributed by atoms with van der Waals surface area (Å²) in [5, 5.41) is 23.6. The molecule has 116 valence electrons. The molecule has 0 aliphatic rings. The molecule has 2 atom stereocenters. The molecule has 22 heavy (non-hydrogen) atoms. The predicted octanol–water partition coefficient (Wildman–Crippen LogP) is 2.01. The van der Waals surface area contributed by atoms with Crippen molar-refractivity contribution in [3.05, 3.63) is 35.9 Å². The van der Waals surface area contributed by atoms with E-state index in [1.165, 1.54) is 0 Å². The molecule has 1 aromatic rings. The fraction of sp³-hybridized carbons (Fsp3) is 0.267. The molecule has 0 aromatic heterocycles. The lowest BCUT2D eigenvalue weighted by atomic mass is 10.2. The van der Waals surface area contributed by atoms with E-state index in [4.69, 9.17) is 15.8 Å². The topological polar surface area (TPSA) is 128 Å². The van der Waals surface area contributed by atoms with Crippen LogP contribution in [-0.2, 0) is 14.5 Å². The SMILES string of the molecule is CC(C#N)C=O.CC(C#N)C=O.O=C(OO)c1ccccc1. The third-order valence-electron chi connectivity index (χ3n) is 1.91. The van der Waals surface area contributed by atoms with Crippen molar-refractivity contribution in [3.63, 3.8) is 0 Å². The average Bonchev–Trinajstić information content (AvgIpc) is 2.61. The van der Waals surface area contributed by atoms with Crippen LogP contribution in [0.15, 0.2) is 30.3 Å². The molecule has 1 rings (SSSR count). The van der Waals surface area contributed by atoms with Gasteiger partial charge in [0.05, 0.1) is 29.5 Å². The standard InChI is InChI=1S/C7H6O3.2C4H5NO/c8-7(10-9)6-4-2-1-3-5-6;2*1-4(2-5)3-6/h1-5,9H;2*3-4H,1H3. The van der Waals surface area contributed by atoms with Gasteiger partial charge in [-0.05, 0) is 26.0 Å². The van der Waals surface area contributed by atoms with Crippen LogP contribution in [0, 0.1) is 34.5 Å². The second-order valence-corrected chi connectivity index (χ2v) is 3.85. The van der Waals surface area contributed by atoms with Crippen LogP contribution < -0.4 is 0 Å². The molecule has 7 heteroatoms. The number of hydrogen-bond acceptors (Lipinski definition) is 7. The van der Waals surface area contributed by atoms with E-state index in [-0.39, 0.29) is 0 Å². The lowest BCUT2D eigenvalue weighted by Gasteiger charge is -1.92. The van der Waals surface area contributed by atoms with Gasteiger partial charge >= 0.3 is 5.97 Å². The third-order valence-corrected chi connectivity index (χ3v) is 1.91. The highest BCUT2D eigenvalue weighted by atomic mass is 17.1. The zero-order chi connectivity index (χ0) is 17.4. The minimum atomic E-state index is -0.736. The van der Waals surface area contributed by atoms with E-state index in [0.29, 0.717) is 18.1 Å². The van der Waals surface area contributed by atoms with Crippen LogP contribution in [0.2, 0.25) is 0 Å². The van der Waals surface area contributed by atoms with Gasteiger partial charge in [0.15, 0.2) is 0 Å². The van der Waals surface area contributed by atoms with E-state index >= 15 is 0 Å². The maximum atomic E-state index is 10.5. The first kappa shape index (κ1) is 21.3. The van der Waals surface area contributed by atoms with Gasteiger partial charge in [-0.3, -0.25) is 4.89 Å². The molecular weight excluding hydrogens is 288 g/mol. The Kier molecular flexibility index (Phi) is 13.9. The fourth-order valence-corrected chi connectivity index (χ4v) is 0.688. The van der Waals surface area contributed by atoms with Crippen molar-refractivity contribution < 1.29 is 24.5 Å². The first-order valence-corrected chi connectivity index (χ1v) is 6.07. The van der Waals surface area contributed by atoms with Gasteiger partial charge in [0.2, 0.25) is 0 Å². The molecule has 0 fully saturated rings. The minimum absolute atomic E-state index is 0.338. The van der Waals surface area contributed by atoms with Crippen LogP contribution in [0.3, 0.4) is 0 Å². The van der Waals surface area contributed by atoms with Gasteiger partial charge in [-0.15, -0.1) is 0 Å². The van der Waals surface area contributed by atoms with E-state index < -0.39 is 17.8 Å². The molecule has 0 aliphatic heterocycles. The maximum absolute atomic E-state index is 10.5. The monoisotopic (exact) mass is 304 g/mol. The van der Waals surface area contributed by atoms with Gasteiger partial charge < -0.3 is 9.59 Å². The molecule has 0 spiro atoms. The van der Waals surface area contributed by atoms with E-state index in [9.17, 15) is 14.4 Å². The van der Waals surface area contributed by atoms with Crippen LogP contribution in [-0.4, -0.2) is 23.8 Å². The summed E-state index contributed by atoms with van der Waals surface area (Å²) in [5.74, 6) is -1.62. The number of nitrogens with zero attached hydrogens (tertiary/aromatic N) is 2. The maximum Gasteiger partial charge on any atom is 0.372 e. The van der Waals surface area contributed by atoms with E-state index in [0.717, 1.165) is 0 Å². The Bertz CT molecular complexity index is 507. The first-order chi connectivity index (χ1) is 10.5. The summed E-state index contributed by atoms with van der Waals surface area (Å²) in [5.41, 5.74) is 0.338. The molecule has 0 saturated carbocycles. The van der Waals surface area contributed by atoms with Crippen molar-refractivity contribution in [2.24, 2.45) is 11.8 Å². The number of nitriles is 2. The molecule has 0 heterocycles. The van der Waals surface area contributed by atoms with Crippen molar-refractivity contribution in [1.82, 2.24) is 0 Å². The first-order valence-electron chi connectivity index (χ1n) is 6.07. The second kappa shape index (κ2) is 14.4. The van der Waals surface area contributed by atoms with Crippen molar-refractivity contribution in [3.8, 4) is 12.1 Å². The van der Waals surface area contributed by atoms with Gasteiger partial charge in [0.25, 0.3) is 0 Å². The van der Waals surface area contributed by atoms with Crippen LogP contribution in [0.5, 0.6) is 0 Å². The molecule has 0 amide bonds. The molecule has 7 nitrogen and oxygen atoms in total. The molecule has 0 bridgehead atoms. The summed E-state index contributed by atoms with van der Waals surface area (Å²) in [4.78, 5) is 33.1. The Morgan fingerprint density at radius 2 is 1.50 bits per heavy atom. The number of hydrogen-bond donors (Lipinski definition) is 1. The van der Waals surface area contributed by atoms with E-state index in [2.05, 4.69) is 4.89 Å². The third kappa shape index (κ3) is 12.0. The van der Waals surface area contributed by atoms with Gasteiger partial charge in [-0.2, -0.15) is 15.8 Å². The zero-order valence-corrected chi connectivity index (χ0v) is 12.2. The van der Waals surface area contributed by atoms with Crippen molar-refractivity contribution in [1.29, 1.82) is 10.5 Å². The molecule has 1 aromatic carbocycles. The summed E-state index contributed by atoms with van der Waals surface area (Å²) in [6.07, 6.45) is 1.22. The van der Waals surface area contributed by atoms with Gasteiger partial charge in [-0.25, -0.2) is 4.79 Å². The Morgan fingerprint density at radius 3 is 1.73 bits per heavy atom. The molecule has 0 saturated heterocycles. The lowest BCUT2D eigenvalue weighted by molar-refractivity contribution is -0.182. The molecule has 0 aliphatic carbocycles. The number of rotatable bonds is 3. The van der Waals surface area contributed by atoms with Crippen LogP contribution in [0.25, 0.3) is 0 Å². The second-order valence-electron chi connectivity index (χ2n) is 3.85. The van der Waals surface area contributed by atoms with Gasteiger partial charge in [-0.1, -0.05) is 18.2 Å². The van der Waals surface area contributed by atoms with Crippen molar-refractivity contribution >= 4 is 18.5 Å². The highest BCUT2D eigenvalue weighted by molar-refractivity contribution is 5.88. The van der Waals surface area contributed by atoms with E-state index in [1.54, 1.807) is 56.3 Å². The highest BCUT2D eigenvalue weighted by Crippen LogP contribution is 1.98. The number of aldehydes is 2. The lowest BCUT2D eigenvalue weighted by Crippen LogP contribution is -2.00. The van der Waals surface area contributed by atoms with Crippen LogP contribution in [0.1, 0.15) is 24.2 Å². The summed E-state index contributed by atoms with van der Waals surface area (Å²) < 4.78 is 0. The summed E-state index contributed by atoms with van der Waals surface area (Å²) in [7, 11) is 0. The normalized spacial score (nSPS) is 10.6. The Hall–Kier alpha value is -3.03. The van der Waals surface area contributed by atoms with Crippen molar-refractivity contribution in [2.45, 2.75) is 13.8 Å². The van der Waals surface area contributed by atoms with Crippen molar-refractivity contribution in [2.75, 3.05) is 0 Å². The predicted molar refractivity (Wildman–Crippen MR) is 76.2 cm³/mol. The van der Waals surface area contributed by atoms with Crippen LogP contribution in [0.4, 0.5) is 0 Å². The average molecular weight is 304 g/mol. The number of benzene rings is 1. The van der Waals surface area contributed by atoms with E-state index in [1.807, 2.05) is 0 Å². The molecule has 1 N–H and O–H groups in total. The molecule has 0 radical (unpaired) electrons. The largest absolute Gasteiger partial charge is 0.372 e. The Balaban J connectivity index is 0. The molecular formula is C15H16N2O5. The van der Waals surface area contributed by atoms with Gasteiger partial charge in [0, 0.05) is 0 Å². The minimum Gasteiger partial charge on any atom is -0.302 e. The van der Waals surface area contributed by atoms with Crippen LogP contribution >= 0.6 is 0 Å². The fourth-order valence-electron chi connectivity index (χ4n) is 0.688. The molecule has 2 unspecified atom stereocenters. The van der Waals surface area contributed by atoms with Gasteiger partial charge in [0.1, 0.15) is 12.6 Å². The summed E-state index contributed by atoms with van der Waals surface area (Å²) in [6, 6.07) is 11.7. The Labute approximate surface area is 128 Å². The summed E-state index contributed by atoms with van der Waals surface area (Å²) in [6.45, 7) is 3.10. The smallest absolute Gasteiger partial charge is 0.302 e. The quantitative estimate of drug-likeness (QED) is 0.513. The zero-order valence-electron chi connectivity index (χ0n) is 12.2.